The number of piperidine rings is 1. The lowest BCUT2D eigenvalue weighted by Crippen LogP contribution is -2.41. The number of benzene rings is 1. The zero-order chi connectivity index (χ0) is 15.5. The third-order valence-electron chi connectivity index (χ3n) is 4.51. The fourth-order valence-electron chi connectivity index (χ4n) is 3.23. The lowest BCUT2D eigenvalue weighted by atomic mass is 10.1. The van der Waals surface area contributed by atoms with Gasteiger partial charge in [-0.15, -0.1) is 0 Å². The molecule has 5 heteroatoms. The Morgan fingerprint density at radius 1 is 1.27 bits per heavy atom. The zero-order valence-corrected chi connectivity index (χ0v) is 13.3. The Kier molecular flexibility index (Phi) is 4.43. The molecule has 5 nitrogen and oxygen atoms in total. The van der Waals surface area contributed by atoms with Crippen molar-refractivity contribution in [2.75, 3.05) is 20.2 Å². The number of methoxy groups -OCH3 is 1. The van der Waals surface area contributed by atoms with Crippen LogP contribution in [-0.4, -0.2) is 40.7 Å². The van der Waals surface area contributed by atoms with Crippen LogP contribution in [0.3, 0.4) is 0 Å². The highest BCUT2D eigenvalue weighted by Gasteiger charge is 2.18. The van der Waals surface area contributed by atoms with Crippen LogP contribution in [0.5, 0.6) is 5.75 Å². The van der Waals surface area contributed by atoms with Crippen molar-refractivity contribution in [1.82, 2.24) is 14.5 Å². The number of hydrogen-bond donors (Lipinski definition) is 0. The summed E-state index contributed by atoms with van der Waals surface area (Å²) in [5.74, 6) is 0.593. The molecule has 2 aromatic rings. The van der Waals surface area contributed by atoms with Gasteiger partial charge in [0.1, 0.15) is 11.1 Å². The van der Waals surface area contributed by atoms with E-state index in [-0.39, 0.29) is 5.56 Å². The van der Waals surface area contributed by atoms with Crippen LogP contribution in [0.15, 0.2) is 29.3 Å². The van der Waals surface area contributed by atoms with Gasteiger partial charge in [0.25, 0.3) is 5.56 Å². The molecule has 0 unspecified atom stereocenters. The van der Waals surface area contributed by atoms with E-state index in [2.05, 4.69) is 16.8 Å². The van der Waals surface area contributed by atoms with Gasteiger partial charge in [0.2, 0.25) is 0 Å². The Bertz CT molecular complexity index is 705. The summed E-state index contributed by atoms with van der Waals surface area (Å²) in [7, 11) is 1.59. The molecule has 1 fully saturated rings. The molecule has 1 saturated heterocycles. The Morgan fingerprint density at radius 2 is 2.05 bits per heavy atom. The minimum Gasteiger partial charge on any atom is -0.496 e. The first-order valence-electron chi connectivity index (χ1n) is 7.97. The van der Waals surface area contributed by atoms with E-state index < -0.39 is 0 Å². The molecule has 1 aromatic heterocycles. The standard InChI is InChI=1S/C17H23N3O2/c1-13(19-9-4-3-5-10-19)11-20-12-18-14-7-6-8-15(22-2)16(14)17(20)21/h6-8,12-13H,3-5,9-11H2,1-2H3/t13-/m0/s1. The van der Waals surface area contributed by atoms with Crippen molar-refractivity contribution < 1.29 is 4.74 Å². The van der Waals surface area contributed by atoms with Gasteiger partial charge in [-0.3, -0.25) is 14.3 Å². The van der Waals surface area contributed by atoms with Gasteiger partial charge in [-0.2, -0.15) is 0 Å². The van der Waals surface area contributed by atoms with E-state index in [1.165, 1.54) is 19.3 Å². The molecule has 0 N–H and O–H groups in total. The number of nitrogens with zero attached hydrogens (tertiary/aromatic N) is 3. The second-order valence-corrected chi connectivity index (χ2v) is 6.00. The molecule has 1 aromatic carbocycles. The Balaban J connectivity index is 1.91. The van der Waals surface area contributed by atoms with Crippen molar-refractivity contribution in [3.8, 4) is 5.75 Å². The zero-order valence-electron chi connectivity index (χ0n) is 13.3. The lowest BCUT2D eigenvalue weighted by Gasteiger charge is -2.32. The molecule has 1 aliphatic heterocycles. The van der Waals surface area contributed by atoms with E-state index in [1.807, 2.05) is 18.2 Å². The van der Waals surface area contributed by atoms with E-state index in [0.29, 0.717) is 29.2 Å². The van der Waals surface area contributed by atoms with Gasteiger partial charge in [0, 0.05) is 12.6 Å². The number of fused-ring (bicyclic) bond motifs is 1. The molecular formula is C17H23N3O2. The molecular weight excluding hydrogens is 278 g/mol. The van der Waals surface area contributed by atoms with Crippen LogP contribution < -0.4 is 10.3 Å². The fraction of sp³-hybridized carbons (Fsp3) is 0.529. The van der Waals surface area contributed by atoms with Crippen molar-refractivity contribution in [2.24, 2.45) is 0 Å². The Labute approximate surface area is 130 Å². The van der Waals surface area contributed by atoms with E-state index in [0.717, 1.165) is 13.1 Å². The van der Waals surface area contributed by atoms with Crippen molar-refractivity contribution in [1.29, 1.82) is 0 Å². The number of hydrogen-bond acceptors (Lipinski definition) is 4. The molecule has 0 aliphatic carbocycles. The van der Waals surface area contributed by atoms with Gasteiger partial charge in [0.05, 0.1) is 19.0 Å². The topological polar surface area (TPSA) is 47.4 Å². The summed E-state index contributed by atoms with van der Waals surface area (Å²) < 4.78 is 7.03. The highest BCUT2D eigenvalue weighted by molar-refractivity contribution is 5.83. The molecule has 0 spiro atoms. The predicted molar refractivity (Wildman–Crippen MR) is 87.4 cm³/mol. The minimum absolute atomic E-state index is 0.0219. The number of ether oxygens (including phenoxy) is 1. The molecule has 1 aliphatic rings. The maximum Gasteiger partial charge on any atom is 0.265 e. The largest absolute Gasteiger partial charge is 0.496 e. The maximum absolute atomic E-state index is 12.8. The Hall–Kier alpha value is -1.88. The SMILES string of the molecule is COc1cccc2ncn(C[C@H](C)N3CCCCC3)c(=O)c12. The first-order chi connectivity index (χ1) is 10.7. The second-order valence-electron chi connectivity index (χ2n) is 6.00. The summed E-state index contributed by atoms with van der Waals surface area (Å²) in [5, 5.41) is 0.568. The summed E-state index contributed by atoms with van der Waals surface area (Å²) >= 11 is 0. The molecule has 2 heterocycles. The predicted octanol–water partition coefficient (Wildman–Crippen LogP) is 2.28. The van der Waals surface area contributed by atoms with E-state index in [1.54, 1.807) is 18.0 Å². The summed E-state index contributed by atoms with van der Waals surface area (Å²) in [5.41, 5.74) is 0.664. The average molecular weight is 301 g/mol. The molecule has 0 bridgehead atoms. The molecule has 22 heavy (non-hydrogen) atoms. The van der Waals surface area contributed by atoms with Gasteiger partial charge in [-0.05, 0) is 45.0 Å². The monoisotopic (exact) mass is 301 g/mol. The van der Waals surface area contributed by atoms with Crippen LogP contribution in [0.1, 0.15) is 26.2 Å². The van der Waals surface area contributed by atoms with Crippen LogP contribution in [0, 0.1) is 0 Å². The molecule has 118 valence electrons. The first-order valence-corrected chi connectivity index (χ1v) is 7.97. The first kappa shape index (κ1) is 15.0. The van der Waals surface area contributed by atoms with Gasteiger partial charge < -0.3 is 4.74 Å². The lowest BCUT2D eigenvalue weighted by molar-refractivity contribution is 0.158. The maximum atomic E-state index is 12.8. The van der Waals surface area contributed by atoms with Crippen molar-refractivity contribution in [3.63, 3.8) is 0 Å². The third kappa shape index (κ3) is 2.86. The van der Waals surface area contributed by atoms with E-state index >= 15 is 0 Å². The number of aromatic nitrogens is 2. The quantitative estimate of drug-likeness (QED) is 0.869. The van der Waals surface area contributed by atoms with Crippen LogP contribution in [0.25, 0.3) is 10.9 Å². The van der Waals surface area contributed by atoms with E-state index in [4.69, 9.17) is 4.74 Å². The summed E-state index contributed by atoms with van der Waals surface area (Å²) in [6.45, 7) is 5.10. The fourth-order valence-corrected chi connectivity index (χ4v) is 3.23. The Morgan fingerprint density at radius 3 is 2.77 bits per heavy atom. The normalized spacial score (nSPS) is 17.5. The van der Waals surface area contributed by atoms with Gasteiger partial charge in [0.15, 0.2) is 0 Å². The van der Waals surface area contributed by atoms with Crippen LogP contribution >= 0.6 is 0 Å². The van der Waals surface area contributed by atoms with Gasteiger partial charge in [-0.25, -0.2) is 4.98 Å². The summed E-state index contributed by atoms with van der Waals surface area (Å²) in [6.07, 6.45) is 5.48. The second kappa shape index (κ2) is 6.48. The van der Waals surface area contributed by atoms with Gasteiger partial charge in [-0.1, -0.05) is 12.5 Å². The molecule has 0 amide bonds. The summed E-state index contributed by atoms with van der Waals surface area (Å²) in [4.78, 5) is 19.6. The highest BCUT2D eigenvalue weighted by Crippen LogP contribution is 2.20. The highest BCUT2D eigenvalue weighted by atomic mass is 16.5. The molecule has 1 atom stereocenters. The van der Waals surface area contributed by atoms with Crippen LogP contribution in [0.4, 0.5) is 0 Å². The van der Waals surface area contributed by atoms with Crippen molar-refractivity contribution in [3.05, 3.63) is 34.9 Å². The number of rotatable bonds is 4. The van der Waals surface area contributed by atoms with Crippen LogP contribution in [-0.2, 0) is 6.54 Å². The van der Waals surface area contributed by atoms with Crippen LogP contribution in [0.2, 0.25) is 0 Å². The van der Waals surface area contributed by atoms with Crippen molar-refractivity contribution >= 4 is 10.9 Å². The van der Waals surface area contributed by atoms with Crippen molar-refractivity contribution in [2.45, 2.75) is 38.8 Å². The molecule has 0 radical (unpaired) electrons. The minimum atomic E-state index is -0.0219. The number of likely N-dealkylation sites (tertiary alicyclic amines) is 1. The smallest absolute Gasteiger partial charge is 0.265 e. The summed E-state index contributed by atoms with van der Waals surface area (Å²) in [6, 6.07) is 5.85. The van der Waals surface area contributed by atoms with E-state index in [9.17, 15) is 4.79 Å². The average Bonchev–Trinajstić information content (AvgIpc) is 2.57. The third-order valence-corrected chi connectivity index (χ3v) is 4.51. The van der Waals surface area contributed by atoms with Gasteiger partial charge >= 0.3 is 0 Å². The molecule has 0 saturated carbocycles. The molecule has 3 rings (SSSR count).